The maximum atomic E-state index is 5.82. The molecule has 3 nitrogen and oxygen atoms in total. The van der Waals surface area contributed by atoms with Crippen molar-refractivity contribution >= 4 is 0 Å². The van der Waals surface area contributed by atoms with Gasteiger partial charge in [0, 0.05) is 25.7 Å². The summed E-state index contributed by atoms with van der Waals surface area (Å²) < 4.78 is 5.82. The highest BCUT2D eigenvalue weighted by atomic mass is 16.5. The Morgan fingerprint density at radius 3 is 2.81 bits per heavy atom. The van der Waals surface area contributed by atoms with E-state index in [1.807, 2.05) is 0 Å². The molecule has 2 heterocycles. The first-order valence-electron chi connectivity index (χ1n) is 6.85. The summed E-state index contributed by atoms with van der Waals surface area (Å²) in [5, 5.41) is 0. The van der Waals surface area contributed by atoms with Gasteiger partial charge in [0.25, 0.3) is 0 Å². The molecule has 2 saturated heterocycles. The van der Waals surface area contributed by atoms with Gasteiger partial charge in [-0.1, -0.05) is 0 Å². The molecule has 2 aliphatic rings. The summed E-state index contributed by atoms with van der Waals surface area (Å²) in [5.74, 6) is 0.708. The fourth-order valence-electron chi connectivity index (χ4n) is 2.92. The molecule has 0 amide bonds. The fraction of sp³-hybridized carbons (Fsp3) is 1.00. The number of piperidine rings is 1. The third kappa shape index (κ3) is 3.19. The Morgan fingerprint density at radius 1 is 1.25 bits per heavy atom. The lowest BCUT2D eigenvalue weighted by molar-refractivity contribution is -0.0227. The van der Waals surface area contributed by atoms with Gasteiger partial charge in [-0.15, -0.1) is 0 Å². The van der Waals surface area contributed by atoms with Crippen molar-refractivity contribution in [2.24, 2.45) is 11.7 Å². The molecule has 0 spiro atoms. The smallest absolute Gasteiger partial charge is 0.0702 e. The molecule has 3 unspecified atom stereocenters. The van der Waals surface area contributed by atoms with Crippen molar-refractivity contribution in [3.8, 4) is 0 Å². The summed E-state index contributed by atoms with van der Waals surface area (Å²) in [6.45, 7) is 6.45. The lowest BCUT2D eigenvalue weighted by Crippen LogP contribution is -2.47. The average molecular weight is 226 g/mol. The molecule has 0 aliphatic carbocycles. The van der Waals surface area contributed by atoms with Crippen molar-refractivity contribution in [1.82, 2.24) is 4.90 Å². The summed E-state index contributed by atoms with van der Waals surface area (Å²) in [4.78, 5) is 2.59. The number of ether oxygens (including phenoxy) is 1. The molecular formula is C13H26N2O. The Labute approximate surface area is 99.3 Å². The molecule has 94 valence electrons. The number of rotatable bonds is 3. The van der Waals surface area contributed by atoms with E-state index in [0.29, 0.717) is 18.1 Å². The molecule has 0 aromatic carbocycles. The van der Waals surface area contributed by atoms with Crippen LogP contribution in [0.5, 0.6) is 0 Å². The van der Waals surface area contributed by atoms with Crippen LogP contribution < -0.4 is 5.73 Å². The standard InChI is InChI=1S/C13H26N2O/c1-11-5-6-12(8-14)9-15(11)10-13-4-2-3-7-16-13/h11-13H,2-10,14H2,1H3. The van der Waals surface area contributed by atoms with E-state index in [0.717, 1.165) is 19.7 Å². The summed E-state index contributed by atoms with van der Waals surface area (Å²) in [6, 6.07) is 0.716. The summed E-state index contributed by atoms with van der Waals surface area (Å²) in [5.41, 5.74) is 5.79. The Bertz CT molecular complexity index is 204. The lowest BCUT2D eigenvalue weighted by Gasteiger charge is -2.40. The zero-order valence-electron chi connectivity index (χ0n) is 10.5. The van der Waals surface area contributed by atoms with Crippen molar-refractivity contribution in [2.75, 3.05) is 26.2 Å². The van der Waals surface area contributed by atoms with E-state index in [2.05, 4.69) is 11.8 Å². The van der Waals surface area contributed by atoms with Gasteiger partial charge in [-0.05, 0) is 51.5 Å². The second kappa shape index (κ2) is 5.99. The maximum Gasteiger partial charge on any atom is 0.0702 e. The Hall–Kier alpha value is -0.120. The van der Waals surface area contributed by atoms with Crippen LogP contribution >= 0.6 is 0 Å². The number of hydrogen-bond acceptors (Lipinski definition) is 3. The molecule has 3 heteroatoms. The first kappa shape index (κ1) is 12.3. The highest BCUT2D eigenvalue weighted by Gasteiger charge is 2.27. The van der Waals surface area contributed by atoms with E-state index >= 15 is 0 Å². The fourth-order valence-corrected chi connectivity index (χ4v) is 2.92. The zero-order chi connectivity index (χ0) is 11.4. The van der Waals surface area contributed by atoms with Crippen molar-refractivity contribution < 1.29 is 4.74 Å². The molecule has 2 N–H and O–H groups in total. The number of nitrogens with two attached hydrogens (primary N) is 1. The van der Waals surface area contributed by atoms with E-state index in [9.17, 15) is 0 Å². The molecule has 0 aromatic rings. The quantitative estimate of drug-likeness (QED) is 0.794. The van der Waals surface area contributed by atoms with Crippen molar-refractivity contribution in [3.63, 3.8) is 0 Å². The molecule has 0 aromatic heterocycles. The Balaban J connectivity index is 1.81. The largest absolute Gasteiger partial charge is 0.377 e. The van der Waals surface area contributed by atoms with E-state index in [-0.39, 0.29) is 0 Å². The molecule has 2 aliphatic heterocycles. The van der Waals surface area contributed by atoms with Crippen molar-refractivity contribution in [2.45, 2.75) is 51.2 Å². The van der Waals surface area contributed by atoms with Gasteiger partial charge in [-0.2, -0.15) is 0 Å². The monoisotopic (exact) mass is 226 g/mol. The minimum atomic E-state index is 0.479. The van der Waals surface area contributed by atoms with Crippen LogP contribution in [0.15, 0.2) is 0 Å². The van der Waals surface area contributed by atoms with E-state index in [1.165, 1.54) is 38.6 Å². The number of hydrogen-bond donors (Lipinski definition) is 1. The first-order chi connectivity index (χ1) is 7.79. The van der Waals surface area contributed by atoms with Gasteiger partial charge in [0.15, 0.2) is 0 Å². The van der Waals surface area contributed by atoms with E-state index in [4.69, 9.17) is 10.5 Å². The maximum absolute atomic E-state index is 5.82. The van der Waals surface area contributed by atoms with Gasteiger partial charge in [0.2, 0.25) is 0 Å². The van der Waals surface area contributed by atoms with Crippen LogP contribution in [0.1, 0.15) is 39.0 Å². The highest BCUT2D eigenvalue weighted by molar-refractivity contribution is 4.81. The van der Waals surface area contributed by atoms with Crippen LogP contribution in [0.4, 0.5) is 0 Å². The molecule has 16 heavy (non-hydrogen) atoms. The van der Waals surface area contributed by atoms with Gasteiger partial charge in [0.1, 0.15) is 0 Å². The van der Waals surface area contributed by atoms with Crippen LogP contribution in [-0.2, 0) is 4.74 Å². The summed E-state index contributed by atoms with van der Waals surface area (Å²) >= 11 is 0. The van der Waals surface area contributed by atoms with E-state index < -0.39 is 0 Å². The second-order valence-electron chi connectivity index (χ2n) is 5.47. The molecule has 0 saturated carbocycles. The molecule has 3 atom stereocenters. The number of likely N-dealkylation sites (tertiary alicyclic amines) is 1. The topological polar surface area (TPSA) is 38.5 Å². The Morgan fingerprint density at radius 2 is 2.12 bits per heavy atom. The van der Waals surface area contributed by atoms with Crippen LogP contribution in [0, 0.1) is 5.92 Å². The van der Waals surface area contributed by atoms with Gasteiger partial charge < -0.3 is 10.5 Å². The van der Waals surface area contributed by atoms with Crippen LogP contribution in [0.3, 0.4) is 0 Å². The first-order valence-corrected chi connectivity index (χ1v) is 6.85. The zero-order valence-corrected chi connectivity index (χ0v) is 10.5. The lowest BCUT2D eigenvalue weighted by atomic mass is 9.93. The predicted octanol–water partition coefficient (Wildman–Crippen LogP) is 1.61. The van der Waals surface area contributed by atoms with Crippen LogP contribution in [0.25, 0.3) is 0 Å². The van der Waals surface area contributed by atoms with Gasteiger partial charge in [0.05, 0.1) is 6.10 Å². The highest BCUT2D eigenvalue weighted by Crippen LogP contribution is 2.23. The molecule has 2 rings (SSSR count). The molecule has 0 bridgehead atoms. The van der Waals surface area contributed by atoms with Crippen molar-refractivity contribution in [1.29, 1.82) is 0 Å². The van der Waals surface area contributed by atoms with Crippen LogP contribution in [-0.4, -0.2) is 43.3 Å². The summed E-state index contributed by atoms with van der Waals surface area (Å²) in [7, 11) is 0. The minimum Gasteiger partial charge on any atom is -0.377 e. The third-order valence-electron chi connectivity index (χ3n) is 4.15. The molecular weight excluding hydrogens is 200 g/mol. The second-order valence-corrected chi connectivity index (χ2v) is 5.47. The van der Waals surface area contributed by atoms with Gasteiger partial charge >= 0.3 is 0 Å². The third-order valence-corrected chi connectivity index (χ3v) is 4.15. The van der Waals surface area contributed by atoms with Crippen LogP contribution in [0.2, 0.25) is 0 Å². The molecule has 0 radical (unpaired) electrons. The van der Waals surface area contributed by atoms with Gasteiger partial charge in [-0.3, -0.25) is 4.90 Å². The SMILES string of the molecule is CC1CCC(CN)CN1CC1CCCCO1. The van der Waals surface area contributed by atoms with Gasteiger partial charge in [-0.25, -0.2) is 0 Å². The van der Waals surface area contributed by atoms with Crippen molar-refractivity contribution in [3.05, 3.63) is 0 Å². The number of nitrogens with zero attached hydrogens (tertiary/aromatic N) is 1. The predicted molar refractivity (Wildman–Crippen MR) is 66.4 cm³/mol. The van der Waals surface area contributed by atoms with E-state index in [1.54, 1.807) is 0 Å². The normalized spacial score (nSPS) is 37.5. The summed E-state index contributed by atoms with van der Waals surface area (Å²) in [6.07, 6.45) is 6.92. The molecule has 2 fully saturated rings. The Kier molecular flexibility index (Phi) is 4.62. The minimum absolute atomic E-state index is 0.479. The average Bonchev–Trinajstić information content (AvgIpc) is 2.33.